The lowest BCUT2D eigenvalue weighted by Crippen LogP contribution is -2.01. The summed E-state index contributed by atoms with van der Waals surface area (Å²) in [7, 11) is 0. The van der Waals surface area contributed by atoms with E-state index in [0.29, 0.717) is 28.4 Å². The van der Waals surface area contributed by atoms with Gasteiger partial charge >= 0.3 is 0 Å². The Kier molecular flexibility index (Phi) is 7.56. The zero-order valence-electron chi connectivity index (χ0n) is 21.9. The molecule has 39 heavy (non-hydrogen) atoms. The fourth-order valence-electron chi connectivity index (χ4n) is 3.91. The topological polar surface area (TPSA) is 44.8 Å². The van der Waals surface area contributed by atoms with Gasteiger partial charge in [-0.1, -0.05) is 42.0 Å². The van der Waals surface area contributed by atoms with Crippen LogP contribution in [0.25, 0.3) is 5.57 Å². The fourth-order valence-corrected chi connectivity index (χ4v) is 3.91. The number of hydrogen-bond acceptors (Lipinski definition) is 4. The summed E-state index contributed by atoms with van der Waals surface area (Å²) in [6.07, 6.45) is 0. The van der Waals surface area contributed by atoms with Crippen LogP contribution < -0.4 is 14.2 Å². The first-order chi connectivity index (χ1) is 18.9. The number of benzene rings is 5. The van der Waals surface area contributed by atoms with E-state index in [2.05, 4.69) is 6.58 Å². The quantitative estimate of drug-likeness (QED) is 0.184. The largest absolute Gasteiger partial charge is 0.457 e. The van der Waals surface area contributed by atoms with Crippen LogP contribution >= 0.6 is 0 Å². The molecule has 5 aromatic carbocycles. The van der Waals surface area contributed by atoms with E-state index >= 15 is 0 Å². The second kappa shape index (κ2) is 11.5. The van der Waals surface area contributed by atoms with Crippen LogP contribution in [0, 0.1) is 6.92 Å². The number of ketones is 1. The van der Waals surface area contributed by atoms with E-state index in [4.69, 9.17) is 14.2 Å². The van der Waals surface area contributed by atoms with Gasteiger partial charge < -0.3 is 14.2 Å². The summed E-state index contributed by atoms with van der Waals surface area (Å²) in [4.78, 5) is 13.0. The molecule has 4 heteroatoms. The summed E-state index contributed by atoms with van der Waals surface area (Å²) in [5.74, 6) is 4.14. The van der Waals surface area contributed by atoms with Crippen LogP contribution in [0.2, 0.25) is 0 Å². The van der Waals surface area contributed by atoms with Crippen molar-refractivity contribution in [3.8, 4) is 34.5 Å². The Balaban J connectivity index is 1.17. The van der Waals surface area contributed by atoms with Gasteiger partial charge in [0.05, 0.1) is 0 Å². The van der Waals surface area contributed by atoms with E-state index in [1.807, 2.05) is 86.6 Å². The third kappa shape index (κ3) is 6.62. The molecule has 0 aromatic heterocycles. The van der Waals surface area contributed by atoms with Crippen molar-refractivity contribution >= 4 is 11.4 Å². The first-order valence-electron chi connectivity index (χ1n) is 12.6. The minimum atomic E-state index is -0.0727. The predicted molar refractivity (Wildman–Crippen MR) is 155 cm³/mol. The van der Waals surface area contributed by atoms with Crippen molar-refractivity contribution in [2.75, 3.05) is 0 Å². The van der Waals surface area contributed by atoms with E-state index in [-0.39, 0.29) is 5.78 Å². The number of rotatable bonds is 9. The zero-order chi connectivity index (χ0) is 27.2. The molecule has 192 valence electrons. The second-order valence-electron chi connectivity index (χ2n) is 9.27. The van der Waals surface area contributed by atoms with Gasteiger partial charge in [-0.25, -0.2) is 0 Å². The molecule has 0 N–H and O–H groups in total. The molecule has 5 aromatic rings. The van der Waals surface area contributed by atoms with Crippen LogP contribution in [0.3, 0.4) is 0 Å². The van der Waals surface area contributed by atoms with Gasteiger partial charge in [-0.3, -0.25) is 4.79 Å². The molecule has 0 fully saturated rings. The second-order valence-corrected chi connectivity index (χ2v) is 9.27. The van der Waals surface area contributed by atoms with Crippen molar-refractivity contribution in [3.63, 3.8) is 0 Å². The molecule has 0 unspecified atom stereocenters. The molecule has 4 nitrogen and oxygen atoms in total. The van der Waals surface area contributed by atoms with Crippen molar-refractivity contribution in [3.05, 3.63) is 150 Å². The Labute approximate surface area is 228 Å². The lowest BCUT2D eigenvalue weighted by atomic mass is 10.0. The molecule has 0 spiro atoms. The third-order valence-electron chi connectivity index (χ3n) is 6.13. The molecular formula is C35H28O4. The number of ether oxygens (including phenoxy) is 3. The number of aryl methyl sites for hydroxylation is 1. The molecule has 5 rings (SSSR count). The van der Waals surface area contributed by atoms with E-state index in [9.17, 15) is 4.79 Å². The van der Waals surface area contributed by atoms with Crippen LogP contribution in [0.1, 0.15) is 34.0 Å². The maximum Gasteiger partial charge on any atom is 0.193 e. The number of carbonyl (C=O) groups excluding carboxylic acids is 1. The van der Waals surface area contributed by atoms with Gasteiger partial charge in [0.2, 0.25) is 0 Å². The van der Waals surface area contributed by atoms with Crippen LogP contribution in [-0.2, 0) is 0 Å². The smallest absolute Gasteiger partial charge is 0.193 e. The average Bonchev–Trinajstić information content (AvgIpc) is 2.96. The Bertz CT molecular complexity index is 1560. The van der Waals surface area contributed by atoms with Crippen LogP contribution in [0.5, 0.6) is 34.5 Å². The highest BCUT2D eigenvalue weighted by atomic mass is 16.5. The first kappa shape index (κ1) is 25.6. The normalized spacial score (nSPS) is 10.5. The van der Waals surface area contributed by atoms with Gasteiger partial charge in [-0.15, -0.1) is 0 Å². The highest BCUT2D eigenvalue weighted by Gasteiger charge is 2.10. The number of allylic oxidation sites excluding steroid dienone is 1. The molecule has 0 atom stereocenters. The average molecular weight is 513 g/mol. The maximum absolute atomic E-state index is 13.0. The van der Waals surface area contributed by atoms with Crippen LogP contribution in [0.15, 0.2) is 128 Å². The summed E-state index contributed by atoms with van der Waals surface area (Å²) in [6, 6.07) is 37.3. The van der Waals surface area contributed by atoms with Crippen molar-refractivity contribution in [1.82, 2.24) is 0 Å². The van der Waals surface area contributed by atoms with E-state index < -0.39 is 0 Å². The zero-order valence-corrected chi connectivity index (χ0v) is 21.9. The summed E-state index contributed by atoms with van der Waals surface area (Å²) < 4.78 is 17.7. The lowest BCUT2D eigenvalue weighted by molar-refractivity contribution is 0.103. The third-order valence-corrected chi connectivity index (χ3v) is 6.13. The standard InChI is InChI=1S/C35H28O4/c1-24(2)26-6-14-30(15-7-26)38-31-16-8-27(9-17-31)35(36)28-10-18-32(19-11-28)39-34-22-20-33(21-23-34)37-29-12-4-25(3)5-13-29/h4-23H,1H2,2-3H3. The summed E-state index contributed by atoms with van der Waals surface area (Å²) in [6.45, 7) is 7.95. The summed E-state index contributed by atoms with van der Waals surface area (Å²) in [5.41, 5.74) is 4.41. The van der Waals surface area contributed by atoms with Crippen molar-refractivity contribution in [2.45, 2.75) is 13.8 Å². The Morgan fingerprint density at radius 2 is 0.718 bits per heavy atom. The first-order valence-corrected chi connectivity index (χ1v) is 12.6. The monoisotopic (exact) mass is 512 g/mol. The van der Waals surface area contributed by atoms with Gasteiger partial charge in [0.15, 0.2) is 5.78 Å². The maximum atomic E-state index is 13.0. The Morgan fingerprint density at radius 3 is 1.03 bits per heavy atom. The summed E-state index contributed by atoms with van der Waals surface area (Å²) in [5, 5.41) is 0. The molecule has 0 aliphatic rings. The summed E-state index contributed by atoms with van der Waals surface area (Å²) >= 11 is 0. The Morgan fingerprint density at radius 1 is 0.462 bits per heavy atom. The van der Waals surface area contributed by atoms with Gasteiger partial charge in [-0.2, -0.15) is 0 Å². The molecule has 0 saturated heterocycles. The predicted octanol–water partition coefficient (Wildman–Crippen LogP) is 9.64. The highest BCUT2D eigenvalue weighted by Crippen LogP contribution is 2.28. The van der Waals surface area contributed by atoms with Gasteiger partial charge in [-0.05, 0) is 116 Å². The molecule has 0 heterocycles. The SMILES string of the molecule is C=C(C)c1ccc(Oc2ccc(C(=O)c3ccc(Oc4ccc(Oc5ccc(C)cc5)cc4)cc3)cc2)cc1. The minimum Gasteiger partial charge on any atom is -0.457 e. The number of carbonyl (C=O) groups is 1. The molecule has 0 aliphatic heterocycles. The molecule has 0 bridgehead atoms. The van der Waals surface area contributed by atoms with E-state index in [1.54, 1.807) is 48.5 Å². The van der Waals surface area contributed by atoms with Crippen molar-refractivity contribution in [2.24, 2.45) is 0 Å². The van der Waals surface area contributed by atoms with Gasteiger partial charge in [0.25, 0.3) is 0 Å². The molecule has 0 radical (unpaired) electrons. The fraction of sp³-hybridized carbons (Fsp3) is 0.0571. The van der Waals surface area contributed by atoms with E-state index in [0.717, 1.165) is 28.4 Å². The molecule has 0 amide bonds. The van der Waals surface area contributed by atoms with Crippen LogP contribution in [0.4, 0.5) is 0 Å². The van der Waals surface area contributed by atoms with Crippen LogP contribution in [-0.4, -0.2) is 5.78 Å². The van der Waals surface area contributed by atoms with Crippen molar-refractivity contribution < 1.29 is 19.0 Å². The van der Waals surface area contributed by atoms with Crippen molar-refractivity contribution in [1.29, 1.82) is 0 Å². The van der Waals surface area contributed by atoms with Gasteiger partial charge in [0, 0.05) is 11.1 Å². The lowest BCUT2D eigenvalue weighted by Gasteiger charge is -2.09. The van der Waals surface area contributed by atoms with E-state index in [1.165, 1.54) is 5.56 Å². The van der Waals surface area contributed by atoms with Gasteiger partial charge in [0.1, 0.15) is 34.5 Å². The molecule has 0 aliphatic carbocycles. The molecule has 0 saturated carbocycles. The Hall–Kier alpha value is -5.09. The highest BCUT2D eigenvalue weighted by molar-refractivity contribution is 6.09. The molecular weight excluding hydrogens is 484 g/mol. The number of hydrogen-bond donors (Lipinski definition) is 0. The minimum absolute atomic E-state index is 0.0727.